The van der Waals surface area contributed by atoms with E-state index in [0.717, 1.165) is 0 Å². The topological polar surface area (TPSA) is 29.1 Å². The summed E-state index contributed by atoms with van der Waals surface area (Å²) in [7, 11) is 0. The van der Waals surface area contributed by atoms with Crippen molar-refractivity contribution in [1.82, 2.24) is 5.32 Å². The number of hydrogen-bond acceptors (Lipinski definition) is 1. The maximum absolute atomic E-state index is 9.37. The van der Waals surface area contributed by atoms with Gasteiger partial charge >= 0.3 is 6.41 Å². The zero-order valence-electron chi connectivity index (χ0n) is 3.70. The number of hydrogen-bond donors (Lipinski definition) is 1. The van der Waals surface area contributed by atoms with Gasteiger partial charge in [0.2, 0.25) is 0 Å². The molecule has 3 heteroatoms. The Hall–Kier alpha value is -0.500. The minimum atomic E-state index is 0.297. The molecule has 0 aliphatic heterocycles. The lowest BCUT2D eigenvalue weighted by Gasteiger charge is -1.88. The van der Waals surface area contributed by atoms with Gasteiger partial charge in [-0.3, -0.25) is 4.79 Å². The van der Waals surface area contributed by atoms with Gasteiger partial charge in [0.25, 0.3) is 0 Å². The molecule has 0 unspecified atom stereocenters. The van der Waals surface area contributed by atoms with E-state index >= 15 is 0 Å². The molecule has 0 aromatic heterocycles. The van der Waals surface area contributed by atoms with Crippen LogP contribution < -0.4 is 5.32 Å². The van der Waals surface area contributed by atoms with E-state index in [1.807, 2.05) is 0 Å². The van der Waals surface area contributed by atoms with Gasteiger partial charge in [-0.2, -0.15) is 0 Å². The molecule has 0 aromatic carbocycles. The van der Waals surface area contributed by atoms with Crippen molar-refractivity contribution >= 4 is 18.0 Å². The van der Waals surface area contributed by atoms with E-state index in [0.29, 0.717) is 11.6 Å². The van der Waals surface area contributed by atoms with Gasteiger partial charge in [-0.1, -0.05) is 18.2 Å². The Labute approximate surface area is 47.2 Å². The van der Waals surface area contributed by atoms with E-state index in [-0.39, 0.29) is 0 Å². The van der Waals surface area contributed by atoms with Crippen LogP contribution >= 0.6 is 11.6 Å². The maximum atomic E-state index is 9.37. The fraction of sp³-hybridized carbons (Fsp3) is 0.250. The molecule has 7 heavy (non-hydrogen) atoms. The minimum absolute atomic E-state index is 0.297. The van der Waals surface area contributed by atoms with Crippen molar-refractivity contribution in [2.45, 2.75) is 0 Å². The second kappa shape index (κ2) is 3.68. The first kappa shape index (κ1) is 6.50. The summed E-state index contributed by atoms with van der Waals surface area (Å²) in [4.78, 5) is 9.37. The number of amides is 1. The van der Waals surface area contributed by atoms with Crippen molar-refractivity contribution in [1.29, 1.82) is 0 Å². The smallest absolute Gasteiger partial charge is 0.309 e. The van der Waals surface area contributed by atoms with Crippen LogP contribution in [0.1, 0.15) is 0 Å². The van der Waals surface area contributed by atoms with Crippen LogP contribution in [-0.4, -0.2) is 13.0 Å². The summed E-state index contributed by atoms with van der Waals surface area (Å²) in [5.41, 5.74) is 0. The lowest BCUT2D eigenvalue weighted by molar-refractivity contribution is 0.545. The zero-order valence-corrected chi connectivity index (χ0v) is 4.46. The summed E-state index contributed by atoms with van der Waals surface area (Å²) in [5.74, 6) is 0. The van der Waals surface area contributed by atoms with Crippen LogP contribution in [0.2, 0.25) is 0 Å². The Bertz CT molecular complexity index is 81.8. The van der Waals surface area contributed by atoms with Crippen molar-refractivity contribution in [2.75, 3.05) is 6.54 Å². The average Bonchev–Trinajstić information content (AvgIpc) is 1.61. The number of rotatable bonds is 3. The van der Waals surface area contributed by atoms with Crippen LogP contribution in [0.3, 0.4) is 0 Å². The predicted octanol–water partition coefficient (Wildman–Crippen LogP) is 0.396. The molecule has 0 aliphatic rings. The first-order chi connectivity index (χ1) is 3.27. The number of carbonyl (C=O) groups excluding carboxylic acids is 1. The van der Waals surface area contributed by atoms with Crippen LogP contribution in [0.25, 0.3) is 0 Å². The van der Waals surface area contributed by atoms with Gasteiger partial charge in [0.05, 0.1) is 6.54 Å². The fourth-order valence-corrected chi connectivity index (χ4v) is 0.199. The summed E-state index contributed by atoms with van der Waals surface area (Å²) in [5, 5.41) is 2.62. The molecule has 0 saturated carbocycles. The highest BCUT2D eigenvalue weighted by Gasteiger charge is 1.81. The quantitative estimate of drug-likeness (QED) is 0.534. The maximum Gasteiger partial charge on any atom is 0.309 e. The molecular formula is C4H5ClNO. The molecule has 0 spiro atoms. The summed E-state index contributed by atoms with van der Waals surface area (Å²) in [6.07, 6.45) is 1.45. The third kappa shape index (κ3) is 5.50. The van der Waals surface area contributed by atoms with Gasteiger partial charge in [0.15, 0.2) is 0 Å². The third-order valence-corrected chi connectivity index (χ3v) is 0.486. The molecule has 1 radical (unpaired) electrons. The Morgan fingerprint density at radius 2 is 2.57 bits per heavy atom. The zero-order chi connectivity index (χ0) is 5.70. The van der Waals surface area contributed by atoms with Crippen LogP contribution in [0, 0.1) is 0 Å². The molecule has 0 heterocycles. The monoisotopic (exact) mass is 118 g/mol. The van der Waals surface area contributed by atoms with Gasteiger partial charge in [0, 0.05) is 5.03 Å². The average molecular weight is 119 g/mol. The van der Waals surface area contributed by atoms with Gasteiger partial charge in [0.1, 0.15) is 0 Å². The van der Waals surface area contributed by atoms with Gasteiger partial charge in [-0.05, 0) is 0 Å². The summed E-state index contributed by atoms with van der Waals surface area (Å²) in [6, 6.07) is 0. The molecule has 0 rings (SSSR count). The second-order valence-electron chi connectivity index (χ2n) is 0.973. The highest BCUT2D eigenvalue weighted by atomic mass is 35.5. The number of nitrogens with one attached hydrogen (secondary N) is 1. The Kier molecular flexibility index (Phi) is 3.42. The van der Waals surface area contributed by atoms with Crippen molar-refractivity contribution in [2.24, 2.45) is 0 Å². The summed E-state index contributed by atoms with van der Waals surface area (Å²) in [6.45, 7) is 3.61. The fourth-order valence-electron chi connectivity index (χ4n) is 0.132. The number of halogens is 1. The van der Waals surface area contributed by atoms with Crippen LogP contribution in [0.4, 0.5) is 0 Å². The van der Waals surface area contributed by atoms with E-state index < -0.39 is 0 Å². The van der Waals surface area contributed by atoms with Gasteiger partial charge in [-0.15, -0.1) is 0 Å². The molecule has 1 amide bonds. The molecular weight excluding hydrogens is 114 g/mol. The molecule has 0 fully saturated rings. The first-order valence-corrected chi connectivity index (χ1v) is 2.08. The summed E-state index contributed by atoms with van der Waals surface area (Å²) >= 11 is 5.22. The van der Waals surface area contributed by atoms with Crippen molar-refractivity contribution in [3.63, 3.8) is 0 Å². The Morgan fingerprint density at radius 1 is 2.00 bits per heavy atom. The van der Waals surface area contributed by atoms with E-state index in [1.165, 1.54) is 6.41 Å². The van der Waals surface area contributed by atoms with Crippen molar-refractivity contribution < 1.29 is 4.79 Å². The third-order valence-electron chi connectivity index (χ3n) is 0.352. The highest BCUT2D eigenvalue weighted by molar-refractivity contribution is 6.29. The highest BCUT2D eigenvalue weighted by Crippen LogP contribution is 1.89. The molecule has 39 valence electrons. The molecule has 0 atom stereocenters. The SMILES string of the molecule is C=C(Cl)CN[C]=O. The molecule has 0 saturated heterocycles. The van der Waals surface area contributed by atoms with Crippen LogP contribution in [0.5, 0.6) is 0 Å². The first-order valence-electron chi connectivity index (χ1n) is 1.70. The lowest BCUT2D eigenvalue weighted by Crippen LogP contribution is -2.11. The standard InChI is InChI=1S/C4H5ClNO/c1-4(5)2-6-3-7/h1-2H2,(H,6,7). The Morgan fingerprint density at radius 3 is 2.71 bits per heavy atom. The van der Waals surface area contributed by atoms with Crippen LogP contribution in [0.15, 0.2) is 11.6 Å². The van der Waals surface area contributed by atoms with Crippen molar-refractivity contribution in [3.8, 4) is 0 Å². The predicted molar refractivity (Wildman–Crippen MR) is 28.7 cm³/mol. The van der Waals surface area contributed by atoms with E-state index in [2.05, 4.69) is 11.9 Å². The van der Waals surface area contributed by atoms with E-state index in [9.17, 15) is 4.79 Å². The Balaban J connectivity index is 2.97. The van der Waals surface area contributed by atoms with E-state index in [1.54, 1.807) is 0 Å². The molecule has 1 N–H and O–H groups in total. The normalized spacial score (nSPS) is 7.57. The van der Waals surface area contributed by atoms with Crippen LogP contribution in [-0.2, 0) is 4.79 Å². The molecule has 0 bridgehead atoms. The molecule has 2 nitrogen and oxygen atoms in total. The molecule has 0 aromatic rings. The molecule has 0 aliphatic carbocycles. The largest absolute Gasteiger partial charge is 0.343 e. The van der Waals surface area contributed by atoms with Crippen molar-refractivity contribution in [3.05, 3.63) is 11.6 Å². The van der Waals surface area contributed by atoms with Gasteiger partial charge < -0.3 is 5.32 Å². The van der Waals surface area contributed by atoms with E-state index in [4.69, 9.17) is 11.6 Å². The second-order valence-corrected chi connectivity index (χ2v) is 1.51. The minimum Gasteiger partial charge on any atom is -0.343 e. The summed E-state index contributed by atoms with van der Waals surface area (Å²) < 4.78 is 0. The van der Waals surface area contributed by atoms with Gasteiger partial charge in [-0.25, -0.2) is 0 Å². The lowest BCUT2D eigenvalue weighted by atomic mass is 10.6.